The average molecular weight is 565 g/mol. The average Bonchev–Trinajstić information content (AvgIpc) is 3.26. The maximum atomic E-state index is 13.9. The van der Waals surface area contributed by atoms with Gasteiger partial charge in [0, 0.05) is 18.5 Å². The molecule has 2 aliphatic heterocycles. The fourth-order valence-electron chi connectivity index (χ4n) is 7.09. The molecule has 6 atom stereocenters. The molecule has 0 radical (unpaired) electrons. The first kappa shape index (κ1) is 25.8. The zero-order valence-corrected chi connectivity index (χ0v) is 22.7. The Hall–Kier alpha value is -3.42. The SMILES string of the molecule is C=CCc1cccc(C2C3=CCC4C(=O)N(c5ccccc5)C(=O)C4C3CC3(Cl)C(=O)N(C)C(=O)C23Cl)c1O. The number of allylic oxidation sites excluding steroid dienone is 3. The highest BCUT2D eigenvalue weighted by Gasteiger charge is 2.76. The number of likely N-dealkylation sites (tertiary alicyclic amines) is 1. The lowest BCUT2D eigenvalue weighted by Crippen LogP contribution is -2.60. The highest BCUT2D eigenvalue weighted by molar-refractivity contribution is 6.53. The van der Waals surface area contributed by atoms with Gasteiger partial charge < -0.3 is 5.11 Å². The quantitative estimate of drug-likeness (QED) is 0.339. The third kappa shape index (κ3) is 3.23. The van der Waals surface area contributed by atoms with Crippen LogP contribution in [0.2, 0.25) is 0 Å². The number of carbonyl (C=O) groups excluding carboxylic acids is 4. The maximum absolute atomic E-state index is 13.9. The second-order valence-electron chi connectivity index (χ2n) is 10.7. The number of carbonyl (C=O) groups is 4. The summed E-state index contributed by atoms with van der Waals surface area (Å²) in [6.45, 7) is 3.75. The van der Waals surface area contributed by atoms with Crippen molar-refractivity contribution in [3.63, 3.8) is 0 Å². The molecule has 6 rings (SSSR count). The van der Waals surface area contributed by atoms with Gasteiger partial charge in [-0.3, -0.25) is 29.0 Å². The van der Waals surface area contributed by atoms with E-state index in [9.17, 15) is 24.3 Å². The Kier molecular flexibility index (Phi) is 5.83. The van der Waals surface area contributed by atoms with Gasteiger partial charge in [-0.2, -0.15) is 0 Å². The molecule has 2 aromatic rings. The zero-order valence-electron chi connectivity index (χ0n) is 21.1. The van der Waals surface area contributed by atoms with Crippen molar-refractivity contribution in [2.45, 2.75) is 34.9 Å². The van der Waals surface area contributed by atoms with Gasteiger partial charge >= 0.3 is 0 Å². The van der Waals surface area contributed by atoms with Gasteiger partial charge in [0.1, 0.15) is 5.75 Å². The number of amides is 4. The van der Waals surface area contributed by atoms with E-state index in [4.69, 9.17) is 23.2 Å². The van der Waals surface area contributed by atoms with E-state index in [0.29, 0.717) is 28.8 Å². The highest BCUT2D eigenvalue weighted by Crippen LogP contribution is 2.66. The lowest BCUT2D eigenvalue weighted by atomic mass is 9.56. The van der Waals surface area contributed by atoms with Crippen LogP contribution < -0.4 is 4.90 Å². The normalized spacial score (nSPS) is 33.6. The third-order valence-corrected chi connectivity index (χ3v) is 10.3. The Bertz CT molecular complexity index is 1490. The lowest BCUT2D eigenvalue weighted by molar-refractivity contribution is -0.138. The van der Waals surface area contributed by atoms with E-state index < -0.39 is 45.2 Å². The molecule has 2 aromatic carbocycles. The van der Waals surface area contributed by atoms with Gasteiger partial charge in [0.15, 0.2) is 9.75 Å². The Labute approximate surface area is 235 Å². The van der Waals surface area contributed by atoms with Crippen LogP contribution in [0.1, 0.15) is 29.9 Å². The molecular weight excluding hydrogens is 539 g/mol. The minimum Gasteiger partial charge on any atom is -0.507 e. The number of aromatic hydroxyl groups is 1. The van der Waals surface area contributed by atoms with Crippen molar-refractivity contribution < 1.29 is 24.3 Å². The maximum Gasteiger partial charge on any atom is 0.253 e. The van der Waals surface area contributed by atoms with Gasteiger partial charge in [0.25, 0.3) is 11.8 Å². The molecule has 2 heterocycles. The first-order valence-corrected chi connectivity index (χ1v) is 13.6. The van der Waals surface area contributed by atoms with Gasteiger partial charge in [-0.15, -0.1) is 29.8 Å². The van der Waals surface area contributed by atoms with Crippen LogP contribution in [0.5, 0.6) is 5.75 Å². The van der Waals surface area contributed by atoms with Gasteiger partial charge in [-0.05, 0) is 42.9 Å². The van der Waals surface area contributed by atoms with E-state index in [0.717, 1.165) is 4.90 Å². The Balaban J connectivity index is 1.55. The fraction of sp³-hybridized carbons (Fsp3) is 0.333. The summed E-state index contributed by atoms with van der Waals surface area (Å²) in [4.78, 5) is 53.0. The predicted octanol–water partition coefficient (Wildman–Crippen LogP) is 4.31. The number of benzene rings is 2. The van der Waals surface area contributed by atoms with E-state index in [1.165, 1.54) is 11.9 Å². The Morgan fingerprint density at radius 1 is 1.00 bits per heavy atom. The fourth-order valence-corrected chi connectivity index (χ4v) is 8.10. The van der Waals surface area contributed by atoms with E-state index >= 15 is 0 Å². The number of para-hydroxylation sites is 2. The number of alkyl halides is 2. The third-order valence-electron chi connectivity index (χ3n) is 8.85. The van der Waals surface area contributed by atoms with E-state index in [1.54, 1.807) is 54.6 Å². The minimum absolute atomic E-state index is 0.0698. The molecular formula is C30H26Cl2N2O5. The number of rotatable bonds is 4. The largest absolute Gasteiger partial charge is 0.507 e. The van der Waals surface area contributed by atoms with Crippen LogP contribution in [0.25, 0.3) is 0 Å². The standard InChI is InChI=1S/C30H26Cl2N2O5/c1-3-8-16-9-7-12-20(24(16)35)23-18-13-14-19-22(26(37)34(25(19)36)17-10-5-4-6-11-17)21(18)15-29(31)27(38)33(2)28(39)30(23,29)32/h3-7,9-13,19,21-23,35H,1,8,14-15H2,2H3. The summed E-state index contributed by atoms with van der Waals surface area (Å²) in [7, 11) is 1.34. The van der Waals surface area contributed by atoms with Gasteiger partial charge in [0.05, 0.1) is 17.5 Å². The topological polar surface area (TPSA) is 95.0 Å². The molecule has 2 aliphatic carbocycles. The molecule has 3 fully saturated rings. The summed E-state index contributed by atoms with van der Waals surface area (Å²) >= 11 is 14.4. The van der Waals surface area contributed by atoms with Crippen LogP contribution in [0.3, 0.4) is 0 Å². The summed E-state index contributed by atoms with van der Waals surface area (Å²) in [5, 5.41) is 11.4. The van der Waals surface area contributed by atoms with E-state index in [2.05, 4.69) is 6.58 Å². The van der Waals surface area contributed by atoms with Gasteiger partial charge in [-0.1, -0.05) is 54.1 Å². The minimum atomic E-state index is -1.94. The highest BCUT2D eigenvalue weighted by atomic mass is 35.5. The summed E-state index contributed by atoms with van der Waals surface area (Å²) in [5.74, 6) is -5.15. The van der Waals surface area contributed by atoms with Crippen molar-refractivity contribution in [3.8, 4) is 5.75 Å². The number of hydrogen-bond acceptors (Lipinski definition) is 5. The lowest BCUT2D eigenvalue weighted by Gasteiger charge is -2.50. The Morgan fingerprint density at radius 3 is 2.41 bits per heavy atom. The monoisotopic (exact) mass is 564 g/mol. The smallest absolute Gasteiger partial charge is 0.253 e. The number of imide groups is 2. The summed E-state index contributed by atoms with van der Waals surface area (Å²) in [5.41, 5.74) is 2.04. The number of fused-ring (bicyclic) bond motifs is 4. The summed E-state index contributed by atoms with van der Waals surface area (Å²) in [6, 6.07) is 13.9. The van der Waals surface area contributed by atoms with Crippen LogP contribution in [-0.2, 0) is 25.6 Å². The van der Waals surface area contributed by atoms with Crippen molar-refractivity contribution in [1.29, 1.82) is 0 Å². The van der Waals surface area contributed by atoms with Crippen molar-refractivity contribution in [2.24, 2.45) is 17.8 Å². The molecule has 1 N–H and O–H groups in total. The van der Waals surface area contributed by atoms with Crippen LogP contribution in [0, 0.1) is 17.8 Å². The van der Waals surface area contributed by atoms with Crippen LogP contribution >= 0.6 is 23.2 Å². The summed E-state index contributed by atoms with van der Waals surface area (Å²) in [6.07, 6.45) is 4.03. The number of phenols is 1. The van der Waals surface area contributed by atoms with Crippen molar-refractivity contribution in [2.75, 3.05) is 11.9 Å². The predicted molar refractivity (Wildman–Crippen MR) is 146 cm³/mol. The number of anilines is 1. The Morgan fingerprint density at radius 2 is 1.72 bits per heavy atom. The van der Waals surface area contributed by atoms with E-state index in [1.807, 2.05) is 6.08 Å². The molecule has 2 saturated heterocycles. The van der Waals surface area contributed by atoms with Crippen molar-refractivity contribution in [3.05, 3.63) is 84.0 Å². The van der Waals surface area contributed by atoms with Crippen molar-refractivity contribution >= 4 is 52.5 Å². The second kappa shape index (κ2) is 8.80. The van der Waals surface area contributed by atoms with Crippen LogP contribution in [-0.4, -0.2) is 50.4 Å². The molecule has 7 nitrogen and oxygen atoms in total. The molecule has 4 amide bonds. The van der Waals surface area contributed by atoms with Crippen molar-refractivity contribution in [1.82, 2.24) is 4.90 Å². The van der Waals surface area contributed by atoms with E-state index in [-0.39, 0.29) is 30.4 Å². The zero-order chi connectivity index (χ0) is 27.9. The van der Waals surface area contributed by atoms with Gasteiger partial charge in [-0.25, -0.2) is 0 Å². The van der Waals surface area contributed by atoms with Crippen LogP contribution in [0.4, 0.5) is 5.69 Å². The molecule has 0 aromatic heterocycles. The first-order valence-electron chi connectivity index (χ1n) is 12.8. The molecule has 6 unspecified atom stereocenters. The molecule has 0 spiro atoms. The second-order valence-corrected chi connectivity index (χ2v) is 11.9. The summed E-state index contributed by atoms with van der Waals surface area (Å²) < 4.78 is 0. The molecule has 39 heavy (non-hydrogen) atoms. The number of hydrogen-bond donors (Lipinski definition) is 1. The van der Waals surface area contributed by atoms with Gasteiger partial charge in [0.2, 0.25) is 11.8 Å². The number of nitrogens with zero attached hydrogens (tertiary/aromatic N) is 2. The molecule has 9 heteroatoms. The van der Waals surface area contributed by atoms with Crippen LogP contribution in [0.15, 0.2) is 72.8 Å². The first-order chi connectivity index (χ1) is 18.6. The number of halogens is 2. The molecule has 1 saturated carbocycles. The number of phenolic OH excluding ortho intramolecular Hbond substituents is 1. The molecule has 4 aliphatic rings. The molecule has 200 valence electrons. The molecule has 0 bridgehead atoms.